The van der Waals surface area contributed by atoms with Crippen molar-refractivity contribution in [2.45, 2.75) is 6.92 Å². The fraction of sp³-hybridized carbons (Fsp3) is 0.400. The Morgan fingerprint density at radius 2 is 1.83 bits per heavy atom. The van der Waals surface area contributed by atoms with Gasteiger partial charge in [0.2, 0.25) is 0 Å². The molecule has 0 aliphatic carbocycles. The molecule has 0 saturated carbocycles. The van der Waals surface area contributed by atoms with Crippen LogP contribution in [0.3, 0.4) is 0 Å². The zero-order valence-corrected chi connectivity index (χ0v) is 13.4. The minimum Gasteiger partial charge on any atom is -0.494 e. The fourth-order valence-electron chi connectivity index (χ4n) is 1.26. The Kier molecular flexibility index (Phi) is 8.74. The molecule has 0 radical (unpaired) electrons. The van der Waals surface area contributed by atoms with E-state index in [0.717, 1.165) is 12.1 Å². The van der Waals surface area contributed by atoms with Crippen LogP contribution in [0.4, 0.5) is 17.3 Å². The average Bonchev–Trinajstić information content (AvgIpc) is 2.23. The quantitative estimate of drug-likeness (QED) is 0.392. The van der Waals surface area contributed by atoms with Crippen molar-refractivity contribution in [1.29, 1.82) is 0 Å². The molecule has 0 aliphatic heterocycles. The summed E-state index contributed by atoms with van der Waals surface area (Å²) in [5.74, 6) is -1.25. The van der Waals surface area contributed by atoms with Gasteiger partial charge in [0.05, 0.1) is 12.4 Å². The van der Waals surface area contributed by atoms with Crippen molar-refractivity contribution in [3.05, 3.63) is 24.0 Å². The van der Waals surface area contributed by atoms with Gasteiger partial charge in [-0.15, -0.1) is 0 Å². The van der Waals surface area contributed by atoms with E-state index in [2.05, 4.69) is 0 Å². The van der Waals surface area contributed by atoms with Crippen LogP contribution in [0.5, 0.6) is 5.75 Å². The van der Waals surface area contributed by atoms with Crippen molar-refractivity contribution in [2.75, 3.05) is 19.8 Å². The van der Waals surface area contributed by atoms with Crippen molar-refractivity contribution in [1.82, 2.24) is 0 Å². The molecule has 96 valence electrons. The van der Waals surface area contributed by atoms with Gasteiger partial charge in [-0.1, -0.05) is 11.5 Å². The Labute approximate surface area is 146 Å². The van der Waals surface area contributed by atoms with E-state index >= 15 is 0 Å². The molecule has 0 bridgehead atoms. The van der Waals surface area contributed by atoms with Crippen molar-refractivity contribution in [2.24, 2.45) is 0 Å². The monoisotopic (exact) mass is 290 g/mol. The molecule has 8 heteroatoms. The van der Waals surface area contributed by atoms with Crippen molar-refractivity contribution in [3.63, 3.8) is 0 Å². The van der Waals surface area contributed by atoms with Crippen molar-refractivity contribution >= 4 is 12.4 Å². The smallest absolute Gasteiger partial charge is 0.494 e. The van der Waals surface area contributed by atoms with Gasteiger partial charge in [0.1, 0.15) is 12.4 Å². The summed E-state index contributed by atoms with van der Waals surface area (Å²) >= 11 is 0. The summed E-state index contributed by atoms with van der Waals surface area (Å²) in [5, 5.41) is 0. The standard InChI is InChI=1S/C10H12BF4O2.K/c1-2-16-5-6-17-10-7-8(12)3-4-9(10)11(13,14)15;/h3-4,7H,2,5-6H2,1H3;/q-1;+1. The third-order valence-electron chi connectivity index (χ3n) is 2.02. The van der Waals surface area contributed by atoms with Gasteiger partial charge in [-0.2, -0.15) is 0 Å². The predicted molar refractivity (Wildman–Crippen MR) is 57.1 cm³/mol. The topological polar surface area (TPSA) is 18.5 Å². The van der Waals surface area contributed by atoms with Crippen LogP contribution in [0, 0.1) is 5.82 Å². The Hall–Kier alpha value is 0.401. The van der Waals surface area contributed by atoms with Gasteiger partial charge >= 0.3 is 58.4 Å². The van der Waals surface area contributed by atoms with Gasteiger partial charge in [-0.25, -0.2) is 4.39 Å². The second-order valence-corrected chi connectivity index (χ2v) is 3.30. The molecule has 1 rings (SSSR count). The maximum atomic E-state index is 12.8. The minimum atomic E-state index is -5.21. The molecular weight excluding hydrogens is 278 g/mol. The summed E-state index contributed by atoms with van der Waals surface area (Å²) in [4.78, 5) is 0. The van der Waals surface area contributed by atoms with Crippen LogP contribution in [0.1, 0.15) is 6.92 Å². The first-order chi connectivity index (χ1) is 7.95. The van der Waals surface area contributed by atoms with Gasteiger partial charge in [-0.05, 0) is 13.0 Å². The molecule has 0 amide bonds. The zero-order valence-electron chi connectivity index (χ0n) is 10.3. The number of halogens is 4. The fourth-order valence-corrected chi connectivity index (χ4v) is 1.26. The summed E-state index contributed by atoms with van der Waals surface area (Å²) in [6.45, 7) is -2.89. The van der Waals surface area contributed by atoms with Gasteiger partial charge in [0.25, 0.3) is 0 Å². The summed E-state index contributed by atoms with van der Waals surface area (Å²) in [6, 6.07) is 2.18. The van der Waals surface area contributed by atoms with E-state index in [1.807, 2.05) is 0 Å². The number of hydrogen-bond acceptors (Lipinski definition) is 2. The van der Waals surface area contributed by atoms with Gasteiger partial charge in [0, 0.05) is 12.7 Å². The van der Waals surface area contributed by atoms with Gasteiger partial charge < -0.3 is 22.4 Å². The zero-order chi connectivity index (χ0) is 12.9. The van der Waals surface area contributed by atoms with E-state index in [1.54, 1.807) is 6.92 Å². The third-order valence-corrected chi connectivity index (χ3v) is 2.02. The second kappa shape index (κ2) is 8.55. The Morgan fingerprint density at radius 1 is 1.17 bits per heavy atom. The van der Waals surface area contributed by atoms with E-state index in [4.69, 9.17) is 9.47 Å². The molecule has 1 aromatic carbocycles. The SMILES string of the molecule is CCOCCOc1cc(F)ccc1[B-](F)(F)F.[K+]. The van der Waals surface area contributed by atoms with Crippen molar-refractivity contribution < 1.29 is 78.2 Å². The first kappa shape index (κ1) is 18.4. The van der Waals surface area contributed by atoms with Crippen LogP contribution in [0.25, 0.3) is 0 Å². The van der Waals surface area contributed by atoms with Crippen LogP contribution in [0.2, 0.25) is 0 Å². The summed E-state index contributed by atoms with van der Waals surface area (Å²) in [5.41, 5.74) is -0.928. The molecule has 0 fully saturated rings. The third kappa shape index (κ3) is 6.03. The maximum Gasteiger partial charge on any atom is 1.00 e. The van der Waals surface area contributed by atoms with Crippen LogP contribution >= 0.6 is 0 Å². The molecule has 0 heterocycles. The molecule has 18 heavy (non-hydrogen) atoms. The Morgan fingerprint density at radius 3 is 2.39 bits per heavy atom. The number of rotatable bonds is 6. The van der Waals surface area contributed by atoms with Gasteiger partial charge in [-0.3, -0.25) is 0 Å². The van der Waals surface area contributed by atoms with E-state index in [9.17, 15) is 17.3 Å². The largest absolute Gasteiger partial charge is 1.00 e. The van der Waals surface area contributed by atoms with Crippen molar-refractivity contribution in [3.8, 4) is 5.75 Å². The molecule has 0 N–H and O–H groups in total. The molecule has 0 saturated heterocycles. The van der Waals surface area contributed by atoms with Crippen LogP contribution in [-0.4, -0.2) is 26.8 Å². The predicted octanol–water partition coefficient (Wildman–Crippen LogP) is -0.701. The summed E-state index contributed by atoms with van der Waals surface area (Å²) < 4.78 is 60.4. The normalized spacial score (nSPS) is 10.9. The van der Waals surface area contributed by atoms with E-state index in [0.29, 0.717) is 12.7 Å². The first-order valence-corrected chi connectivity index (χ1v) is 5.15. The summed E-state index contributed by atoms with van der Waals surface area (Å²) in [6.07, 6.45) is 0. The molecule has 0 unspecified atom stereocenters. The van der Waals surface area contributed by atoms with Crippen LogP contribution < -0.4 is 61.6 Å². The number of hydrogen-bond donors (Lipinski definition) is 0. The Bertz CT molecular complexity index is 373. The second-order valence-electron chi connectivity index (χ2n) is 3.30. The first-order valence-electron chi connectivity index (χ1n) is 5.15. The van der Waals surface area contributed by atoms with Gasteiger partial charge in [0.15, 0.2) is 0 Å². The minimum absolute atomic E-state index is 0. The van der Waals surface area contributed by atoms with E-state index in [1.165, 1.54) is 0 Å². The molecule has 0 aliphatic rings. The molecule has 0 spiro atoms. The molecule has 0 aromatic heterocycles. The number of ether oxygens (including phenoxy) is 2. The maximum absolute atomic E-state index is 12.8. The number of benzene rings is 1. The molecule has 2 nitrogen and oxygen atoms in total. The van der Waals surface area contributed by atoms with Crippen LogP contribution in [-0.2, 0) is 4.74 Å². The molecule has 0 atom stereocenters. The van der Waals surface area contributed by atoms with E-state index in [-0.39, 0.29) is 64.6 Å². The summed E-state index contributed by atoms with van der Waals surface area (Å²) in [7, 11) is 0. The van der Waals surface area contributed by atoms with Crippen LogP contribution in [0.15, 0.2) is 18.2 Å². The molecule has 1 aromatic rings. The molecular formula is C10H12BF4KO2. The van der Waals surface area contributed by atoms with E-state index < -0.39 is 24.0 Å². The Balaban J connectivity index is 0.00000289. The average molecular weight is 290 g/mol.